The Bertz CT molecular complexity index is 460. The SMILES string of the molecule is CCOC(=O)NCCNc1c(CC)c(=O)c1=O. The van der Waals surface area contributed by atoms with Crippen LogP contribution in [0.3, 0.4) is 0 Å². The standard InChI is InChI=1S/C11H16N2O4/c1-3-7-8(10(15)9(7)14)12-5-6-13-11(16)17-4-2/h12H,3-6H2,1-2H3,(H,13,16). The summed E-state index contributed by atoms with van der Waals surface area (Å²) in [5, 5.41) is 5.34. The van der Waals surface area contributed by atoms with Gasteiger partial charge >= 0.3 is 6.09 Å². The van der Waals surface area contributed by atoms with E-state index >= 15 is 0 Å². The molecule has 6 nitrogen and oxygen atoms in total. The number of carbonyl (C=O) groups is 1. The highest BCUT2D eigenvalue weighted by Crippen LogP contribution is 2.06. The smallest absolute Gasteiger partial charge is 0.407 e. The summed E-state index contributed by atoms with van der Waals surface area (Å²) in [4.78, 5) is 33.2. The number of alkyl carbamates (subject to hydrolysis) is 1. The number of hydrogen-bond donors (Lipinski definition) is 2. The van der Waals surface area contributed by atoms with Crippen molar-refractivity contribution in [3.8, 4) is 0 Å². The molecule has 1 rings (SSSR count). The first kappa shape index (κ1) is 13.2. The zero-order chi connectivity index (χ0) is 12.8. The maximum atomic E-state index is 11.2. The fourth-order valence-electron chi connectivity index (χ4n) is 1.50. The average molecular weight is 240 g/mol. The Kier molecular flexibility index (Phi) is 4.68. The van der Waals surface area contributed by atoms with Crippen molar-refractivity contribution in [2.45, 2.75) is 20.3 Å². The van der Waals surface area contributed by atoms with Crippen LogP contribution in [-0.2, 0) is 11.2 Å². The minimum Gasteiger partial charge on any atom is -0.450 e. The van der Waals surface area contributed by atoms with Crippen molar-refractivity contribution >= 4 is 11.8 Å². The van der Waals surface area contributed by atoms with E-state index in [2.05, 4.69) is 15.4 Å². The van der Waals surface area contributed by atoms with Gasteiger partial charge in [0, 0.05) is 18.7 Å². The molecule has 0 saturated heterocycles. The lowest BCUT2D eigenvalue weighted by atomic mass is 10.1. The number of nitrogens with one attached hydrogen (secondary N) is 2. The highest BCUT2D eigenvalue weighted by atomic mass is 16.5. The maximum absolute atomic E-state index is 11.2. The van der Waals surface area contributed by atoms with Crippen molar-refractivity contribution in [3.63, 3.8) is 0 Å². The summed E-state index contributed by atoms with van der Waals surface area (Å²) in [5.74, 6) is 0. The van der Waals surface area contributed by atoms with Crippen LogP contribution in [0, 0.1) is 0 Å². The topological polar surface area (TPSA) is 84.5 Å². The number of anilines is 1. The van der Waals surface area contributed by atoms with Crippen LogP contribution in [0.15, 0.2) is 9.59 Å². The summed E-state index contributed by atoms with van der Waals surface area (Å²) >= 11 is 0. The summed E-state index contributed by atoms with van der Waals surface area (Å²) in [7, 11) is 0. The third-order valence-corrected chi connectivity index (χ3v) is 2.33. The van der Waals surface area contributed by atoms with Gasteiger partial charge in [-0.05, 0) is 13.3 Å². The third kappa shape index (κ3) is 3.05. The minimum absolute atomic E-state index is 0.317. The predicted octanol–water partition coefficient (Wildman–Crippen LogP) is 0.00300. The van der Waals surface area contributed by atoms with Crippen LogP contribution in [0.1, 0.15) is 19.4 Å². The van der Waals surface area contributed by atoms with Crippen LogP contribution < -0.4 is 21.5 Å². The molecule has 0 unspecified atom stereocenters. The number of amides is 1. The molecule has 0 atom stereocenters. The Hall–Kier alpha value is -1.85. The summed E-state index contributed by atoms with van der Waals surface area (Å²) in [6.07, 6.45) is 0.0492. The van der Waals surface area contributed by atoms with Crippen molar-refractivity contribution in [2.24, 2.45) is 0 Å². The largest absolute Gasteiger partial charge is 0.450 e. The molecule has 0 fully saturated rings. The molecule has 0 saturated carbocycles. The molecule has 6 heteroatoms. The molecule has 17 heavy (non-hydrogen) atoms. The van der Waals surface area contributed by atoms with E-state index in [1.165, 1.54) is 0 Å². The molecule has 0 heterocycles. The molecule has 0 bridgehead atoms. The molecule has 0 spiro atoms. The molecule has 1 aromatic rings. The van der Waals surface area contributed by atoms with Crippen LogP contribution in [0.25, 0.3) is 0 Å². The lowest BCUT2D eigenvalue weighted by molar-refractivity contribution is 0.152. The first-order chi connectivity index (χ1) is 8.11. The quantitative estimate of drug-likeness (QED) is 0.540. The van der Waals surface area contributed by atoms with Gasteiger partial charge in [0.25, 0.3) is 0 Å². The van der Waals surface area contributed by atoms with Gasteiger partial charge in [-0.3, -0.25) is 9.59 Å². The first-order valence-corrected chi connectivity index (χ1v) is 5.58. The predicted molar refractivity (Wildman–Crippen MR) is 64.2 cm³/mol. The summed E-state index contributed by atoms with van der Waals surface area (Å²) < 4.78 is 4.66. The van der Waals surface area contributed by atoms with Gasteiger partial charge in [-0.25, -0.2) is 4.79 Å². The number of hydrogen-bond acceptors (Lipinski definition) is 5. The normalized spacial score (nSPS) is 10.2. The third-order valence-electron chi connectivity index (χ3n) is 2.33. The monoisotopic (exact) mass is 240 g/mol. The van der Waals surface area contributed by atoms with Crippen LogP contribution in [0.2, 0.25) is 0 Å². The Morgan fingerprint density at radius 3 is 2.47 bits per heavy atom. The molecule has 0 aliphatic heterocycles. The fourth-order valence-corrected chi connectivity index (χ4v) is 1.50. The molecular weight excluding hydrogens is 224 g/mol. The molecule has 0 aromatic heterocycles. The van der Waals surface area contributed by atoms with Crippen LogP contribution in [0.4, 0.5) is 10.5 Å². The van der Waals surface area contributed by atoms with Gasteiger partial charge in [-0.1, -0.05) is 6.92 Å². The molecule has 0 aliphatic rings. The Labute approximate surface area is 98.7 Å². The van der Waals surface area contributed by atoms with Crippen molar-refractivity contribution < 1.29 is 9.53 Å². The lowest BCUT2D eigenvalue weighted by Gasteiger charge is -2.12. The second-order valence-corrected chi connectivity index (χ2v) is 3.44. The van der Waals surface area contributed by atoms with Gasteiger partial charge in [-0.2, -0.15) is 0 Å². The van der Waals surface area contributed by atoms with Gasteiger partial charge in [0.05, 0.1) is 12.3 Å². The van der Waals surface area contributed by atoms with Gasteiger partial charge in [0.1, 0.15) is 0 Å². The Balaban J connectivity index is 2.32. The molecule has 1 aromatic carbocycles. The van der Waals surface area contributed by atoms with Crippen LogP contribution >= 0.6 is 0 Å². The molecular formula is C11H16N2O4. The van der Waals surface area contributed by atoms with Gasteiger partial charge in [-0.15, -0.1) is 0 Å². The number of carbonyl (C=O) groups excluding carboxylic acids is 1. The molecule has 0 aliphatic carbocycles. The summed E-state index contributed by atoms with van der Waals surface area (Å²) in [5.41, 5.74) is 0.0284. The van der Waals surface area contributed by atoms with E-state index in [0.717, 1.165) is 0 Å². The highest BCUT2D eigenvalue weighted by molar-refractivity contribution is 5.67. The zero-order valence-electron chi connectivity index (χ0n) is 9.96. The summed E-state index contributed by atoms with van der Waals surface area (Å²) in [6, 6.07) is 0. The van der Waals surface area contributed by atoms with Gasteiger partial charge in [0.2, 0.25) is 10.9 Å². The van der Waals surface area contributed by atoms with Crippen molar-refractivity contribution in [1.29, 1.82) is 0 Å². The van der Waals surface area contributed by atoms with Crippen molar-refractivity contribution in [1.82, 2.24) is 5.32 Å². The lowest BCUT2D eigenvalue weighted by Crippen LogP contribution is -2.39. The van der Waals surface area contributed by atoms with E-state index in [9.17, 15) is 14.4 Å². The van der Waals surface area contributed by atoms with E-state index in [1.807, 2.05) is 6.92 Å². The molecule has 1 amide bonds. The number of ether oxygens (including phenoxy) is 1. The second-order valence-electron chi connectivity index (χ2n) is 3.44. The molecule has 0 radical (unpaired) electrons. The van der Waals surface area contributed by atoms with Gasteiger partial charge in [0.15, 0.2) is 0 Å². The second kappa shape index (κ2) is 6.03. The van der Waals surface area contributed by atoms with E-state index < -0.39 is 17.0 Å². The van der Waals surface area contributed by atoms with E-state index in [4.69, 9.17) is 0 Å². The fraction of sp³-hybridized carbons (Fsp3) is 0.545. The summed E-state index contributed by atoms with van der Waals surface area (Å²) in [6.45, 7) is 4.57. The van der Waals surface area contributed by atoms with E-state index in [-0.39, 0.29) is 0 Å². The van der Waals surface area contributed by atoms with Crippen LogP contribution in [0.5, 0.6) is 0 Å². The van der Waals surface area contributed by atoms with Crippen LogP contribution in [-0.4, -0.2) is 25.8 Å². The van der Waals surface area contributed by atoms with E-state index in [0.29, 0.717) is 37.4 Å². The van der Waals surface area contributed by atoms with Crippen molar-refractivity contribution in [2.75, 3.05) is 25.0 Å². The zero-order valence-corrected chi connectivity index (χ0v) is 9.96. The maximum Gasteiger partial charge on any atom is 0.407 e. The van der Waals surface area contributed by atoms with Gasteiger partial charge < -0.3 is 15.4 Å². The average Bonchev–Trinajstić information content (AvgIpc) is 2.32. The number of rotatable bonds is 6. The Morgan fingerprint density at radius 1 is 1.18 bits per heavy atom. The molecule has 94 valence electrons. The molecule has 2 N–H and O–H groups in total. The van der Waals surface area contributed by atoms with E-state index in [1.54, 1.807) is 6.92 Å². The first-order valence-electron chi connectivity index (χ1n) is 5.58. The highest BCUT2D eigenvalue weighted by Gasteiger charge is 2.18. The van der Waals surface area contributed by atoms with Crippen molar-refractivity contribution in [3.05, 3.63) is 26.0 Å². The minimum atomic E-state index is -0.491. The Morgan fingerprint density at radius 2 is 1.88 bits per heavy atom.